The highest BCUT2D eigenvalue weighted by atomic mass is 35.5. The number of carbonyl (C=O) groups is 3. The largest absolute Gasteiger partial charge is 0.478 e. The minimum atomic E-state index is -1.20. The van der Waals surface area contributed by atoms with E-state index in [1.54, 1.807) is 6.92 Å². The Labute approximate surface area is 126 Å². The number of esters is 1. The van der Waals surface area contributed by atoms with Gasteiger partial charge in [-0.25, -0.2) is 9.59 Å². The van der Waals surface area contributed by atoms with Crippen LogP contribution < -0.4 is 5.32 Å². The van der Waals surface area contributed by atoms with Gasteiger partial charge in [0, 0.05) is 12.2 Å². The SMILES string of the molecule is CCN(CC(=O)OC)C(=O)Nc1ccc(Cl)c(C(=O)O)c1. The number of amides is 2. The fourth-order valence-corrected chi connectivity index (χ4v) is 1.72. The van der Waals surface area contributed by atoms with Crippen molar-refractivity contribution in [2.75, 3.05) is 25.5 Å². The minimum Gasteiger partial charge on any atom is -0.478 e. The number of carboxylic acids is 1. The van der Waals surface area contributed by atoms with Gasteiger partial charge in [0.1, 0.15) is 6.54 Å². The number of nitrogens with zero attached hydrogens (tertiary/aromatic N) is 1. The third kappa shape index (κ3) is 4.64. The molecule has 0 fully saturated rings. The number of hydrogen-bond acceptors (Lipinski definition) is 4. The standard InChI is InChI=1S/C13H15ClN2O5/c1-3-16(7-11(17)21-2)13(20)15-8-4-5-10(14)9(6-8)12(18)19/h4-6H,3,7H2,1-2H3,(H,15,20)(H,18,19). The molecule has 0 aliphatic carbocycles. The van der Waals surface area contributed by atoms with Gasteiger partial charge in [-0.05, 0) is 25.1 Å². The average Bonchev–Trinajstić information content (AvgIpc) is 2.45. The summed E-state index contributed by atoms with van der Waals surface area (Å²) >= 11 is 5.74. The maximum absolute atomic E-state index is 12.0. The molecular weight excluding hydrogens is 300 g/mol. The molecule has 0 unspecified atom stereocenters. The molecule has 21 heavy (non-hydrogen) atoms. The van der Waals surface area contributed by atoms with Crippen molar-refractivity contribution in [3.05, 3.63) is 28.8 Å². The van der Waals surface area contributed by atoms with Crippen molar-refractivity contribution in [2.24, 2.45) is 0 Å². The lowest BCUT2D eigenvalue weighted by atomic mass is 10.2. The summed E-state index contributed by atoms with van der Waals surface area (Å²) < 4.78 is 4.49. The van der Waals surface area contributed by atoms with Crippen LogP contribution in [0, 0.1) is 0 Å². The Morgan fingerprint density at radius 1 is 1.38 bits per heavy atom. The van der Waals surface area contributed by atoms with Gasteiger partial charge in [0.15, 0.2) is 0 Å². The molecule has 2 N–H and O–H groups in total. The molecule has 2 amide bonds. The molecule has 8 heteroatoms. The van der Waals surface area contributed by atoms with Crippen LogP contribution in [-0.2, 0) is 9.53 Å². The van der Waals surface area contributed by atoms with Crippen molar-refractivity contribution in [2.45, 2.75) is 6.92 Å². The van der Waals surface area contributed by atoms with Gasteiger partial charge in [0.05, 0.1) is 17.7 Å². The Morgan fingerprint density at radius 2 is 2.05 bits per heavy atom. The molecule has 0 saturated carbocycles. The summed E-state index contributed by atoms with van der Waals surface area (Å²) in [4.78, 5) is 35.4. The van der Waals surface area contributed by atoms with E-state index >= 15 is 0 Å². The zero-order valence-electron chi connectivity index (χ0n) is 11.6. The minimum absolute atomic E-state index is 0.0717. The van der Waals surface area contributed by atoms with Crippen LogP contribution in [0.15, 0.2) is 18.2 Å². The van der Waals surface area contributed by atoms with Crippen LogP contribution in [0.2, 0.25) is 5.02 Å². The number of methoxy groups -OCH3 is 1. The number of likely N-dealkylation sites (N-methyl/N-ethyl adjacent to an activating group) is 1. The van der Waals surface area contributed by atoms with E-state index < -0.39 is 18.0 Å². The molecule has 7 nitrogen and oxygen atoms in total. The smallest absolute Gasteiger partial charge is 0.337 e. The van der Waals surface area contributed by atoms with Crippen molar-refractivity contribution in [3.63, 3.8) is 0 Å². The fraction of sp³-hybridized carbons (Fsp3) is 0.308. The highest BCUT2D eigenvalue weighted by Crippen LogP contribution is 2.20. The molecule has 1 aromatic rings. The van der Waals surface area contributed by atoms with E-state index in [2.05, 4.69) is 10.1 Å². The summed E-state index contributed by atoms with van der Waals surface area (Å²) in [6.45, 7) is 1.80. The predicted octanol–water partition coefficient (Wildman–Crippen LogP) is 2.07. The maximum atomic E-state index is 12.0. The maximum Gasteiger partial charge on any atom is 0.337 e. The second kappa shape index (κ2) is 7.49. The molecule has 1 aromatic carbocycles. The van der Waals surface area contributed by atoms with Crippen LogP contribution in [-0.4, -0.2) is 48.2 Å². The Balaban J connectivity index is 2.84. The molecule has 0 spiro atoms. The highest BCUT2D eigenvalue weighted by Gasteiger charge is 2.17. The van der Waals surface area contributed by atoms with Gasteiger partial charge in [0.25, 0.3) is 0 Å². The summed E-state index contributed by atoms with van der Waals surface area (Å²) in [6, 6.07) is 3.55. The van der Waals surface area contributed by atoms with Crippen LogP contribution in [0.25, 0.3) is 0 Å². The van der Waals surface area contributed by atoms with Gasteiger partial charge < -0.3 is 20.1 Å². The van der Waals surface area contributed by atoms with E-state index in [0.29, 0.717) is 6.54 Å². The lowest BCUT2D eigenvalue weighted by Gasteiger charge is -2.20. The molecule has 0 aliphatic heterocycles. The number of aromatic carboxylic acids is 1. The van der Waals surface area contributed by atoms with Crippen molar-refractivity contribution in [1.29, 1.82) is 0 Å². The highest BCUT2D eigenvalue weighted by molar-refractivity contribution is 6.33. The monoisotopic (exact) mass is 314 g/mol. The predicted molar refractivity (Wildman–Crippen MR) is 76.7 cm³/mol. The topological polar surface area (TPSA) is 95.9 Å². The van der Waals surface area contributed by atoms with Crippen molar-refractivity contribution >= 4 is 35.3 Å². The van der Waals surface area contributed by atoms with Crippen LogP contribution in [0.4, 0.5) is 10.5 Å². The number of nitrogens with one attached hydrogen (secondary N) is 1. The van der Waals surface area contributed by atoms with E-state index in [0.717, 1.165) is 0 Å². The summed E-state index contributed by atoms with van der Waals surface area (Å²) in [5.74, 6) is -1.74. The van der Waals surface area contributed by atoms with Crippen LogP contribution >= 0.6 is 11.6 Å². The van der Waals surface area contributed by atoms with Gasteiger partial charge >= 0.3 is 18.0 Å². The number of urea groups is 1. The van der Waals surface area contributed by atoms with Crippen LogP contribution in [0.3, 0.4) is 0 Å². The Morgan fingerprint density at radius 3 is 2.57 bits per heavy atom. The molecule has 0 aromatic heterocycles. The molecule has 0 heterocycles. The van der Waals surface area contributed by atoms with Crippen LogP contribution in [0.5, 0.6) is 0 Å². The first kappa shape index (κ1) is 16.8. The number of rotatable bonds is 5. The number of benzene rings is 1. The number of ether oxygens (including phenoxy) is 1. The first-order chi connectivity index (χ1) is 9.88. The fourth-order valence-electron chi connectivity index (χ4n) is 1.52. The van der Waals surface area contributed by atoms with E-state index in [-0.39, 0.29) is 22.8 Å². The number of anilines is 1. The van der Waals surface area contributed by atoms with Crippen LogP contribution in [0.1, 0.15) is 17.3 Å². The Kier molecular flexibility index (Phi) is 5.98. The number of halogens is 1. The van der Waals surface area contributed by atoms with Gasteiger partial charge in [-0.3, -0.25) is 4.79 Å². The van der Waals surface area contributed by atoms with E-state index in [9.17, 15) is 14.4 Å². The Hall–Kier alpha value is -2.28. The van der Waals surface area contributed by atoms with E-state index in [4.69, 9.17) is 16.7 Å². The molecule has 0 bridgehead atoms. The van der Waals surface area contributed by atoms with Crippen molar-refractivity contribution in [3.8, 4) is 0 Å². The lowest BCUT2D eigenvalue weighted by Crippen LogP contribution is -2.39. The number of hydrogen-bond donors (Lipinski definition) is 2. The molecular formula is C13H15ClN2O5. The first-order valence-electron chi connectivity index (χ1n) is 6.04. The third-order valence-corrected chi connectivity index (χ3v) is 2.99. The normalized spacial score (nSPS) is 9.86. The van der Waals surface area contributed by atoms with Gasteiger partial charge in [-0.2, -0.15) is 0 Å². The second-order valence-electron chi connectivity index (χ2n) is 4.02. The first-order valence-corrected chi connectivity index (χ1v) is 6.42. The van der Waals surface area contributed by atoms with Crippen molar-refractivity contribution < 1.29 is 24.2 Å². The number of carbonyl (C=O) groups excluding carboxylic acids is 2. The molecule has 0 radical (unpaired) electrons. The molecule has 114 valence electrons. The summed E-state index contributed by atoms with van der Waals surface area (Å²) in [5, 5.41) is 11.5. The molecule has 1 rings (SSSR count). The average molecular weight is 315 g/mol. The van der Waals surface area contributed by atoms with E-state index in [1.165, 1.54) is 30.2 Å². The summed E-state index contributed by atoms with van der Waals surface area (Å²) in [7, 11) is 1.23. The summed E-state index contributed by atoms with van der Waals surface area (Å²) in [6.07, 6.45) is 0. The lowest BCUT2D eigenvalue weighted by molar-refractivity contribution is -0.141. The Bertz CT molecular complexity index is 561. The molecule has 0 atom stereocenters. The second-order valence-corrected chi connectivity index (χ2v) is 4.43. The molecule has 0 aliphatic rings. The molecule has 0 saturated heterocycles. The summed E-state index contributed by atoms with van der Waals surface area (Å²) in [5.41, 5.74) is 0.149. The van der Waals surface area contributed by atoms with Gasteiger partial charge in [0.2, 0.25) is 0 Å². The van der Waals surface area contributed by atoms with Gasteiger partial charge in [-0.15, -0.1) is 0 Å². The zero-order valence-corrected chi connectivity index (χ0v) is 12.3. The third-order valence-electron chi connectivity index (χ3n) is 2.66. The van der Waals surface area contributed by atoms with E-state index in [1.807, 2.05) is 0 Å². The van der Waals surface area contributed by atoms with Crippen molar-refractivity contribution in [1.82, 2.24) is 4.90 Å². The number of carboxylic acid groups (broad SMARTS) is 1. The van der Waals surface area contributed by atoms with Gasteiger partial charge in [-0.1, -0.05) is 11.6 Å². The quantitative estimate of drug-likeness (QED) is 0.811. The zero-order chi connectivity index (χ0) is 16.0.